The van der Waals surface area contributed by atoms with Crippen molar-refractivity contribution in [3.8, 4) is 0 Å². The topological polar surface area (TPSA) is 58.2 Å². The van der Waals surface area contributed by atoms with Crippen LogP contribution in [0.5, 0.6) is 0 Å². The molecule has 0 radical (unpaired) electrons. The molecule has 1 rings (SSSR count). The van der Waals surface area contributed by atoms with Crippen LogP contribution in [0.1, 0.15) is 20.3 Å². The fourth-order valence-corrected chi connectivity index (χ4v) is 1.79. The summed E-state index contributed by atoms with van der Waals surface area (Å²) in [5, 5.41) is 5.31. The Bertz CT molecular complexity index is 404. The lowest BCUT2D eigenvalue weighted by molar-refractivity contribution is -0.109. The van der Waals surface area contributed by atoms with Crippen molar-refractivity contribution in [2.24, 2.45) is 5.92 Å². The molecule has 4 nitrogen and oxygen atoms in total. The van der Waals surface area contributed by atoms with E-state index in [1.54, 1.807) is 12.1 Å². The quantitative estimate of drug-likeness (QED) is 0.820. The number of amides is 2. The first-order valence-electron chi connectivity index (χ1n) is 5.79. The number of halogens is 1. The highest BCUT2D eigenvalue weighted by Crippen LogP contribution is 2.14. The number of hydrogen-bond donors (Lipinski definition) is 2. The summed E-state index contributed by atoms with van der Waals surface area (Å²) in [5.74, 6) is 0.355. The molecule has 1 atom stereocenters. The molecule has 0 bridgehead atoms. The summed E-state index contributed by atoms with van der Waals surface area (Å²) in [5.41, 5.74) is 0.685. The van der Waals surface area contributed by atoms with Crippen molar-refractivity contribution < 1.29 is 9.59 Å². The SMILES string of the molecule is CC(C)C[C@@H](C=O)NC(=O)Nc1ccc(Br)cc1. The van der Waals surface area contributed by atoms with E-state index >= 15 is 0 Å². The summed E-state index contributed by atoms with van der Waals surface area (Å²) in [7, 11) is 0. The number of anilines is 1. The first-order chi connectivity index (χ1) is 8.51. The van der Waals surface area contributed by atoms with E-state index in [0.717, 1.165) is 10.8 Å². The average Bonchev–Trinajstić information content (AvgIpc) is 2.30. The van der Waals surface area contributed by atoms with Gasteiger partial charge in [-0.25, -0.2) is 4.79 Å². The van der Waals surface area contributed by atoms with Gasteiger partial charge >= 0.3 is 6.03 Å². The van der Waals surface area contributed by atoms with E-state index in [9.17, 15) is 9.59 Å². The van der Waals surface area contributed by atoms with E-state index in [-0.39, 0.29) is 6.03 Å². The standard InChI is InChI=1S/C13H17BrN2O2/c1-9(2)7-12(8-17)16-13(18)15-11-5-3-10(14)4-6-11/h3-6,8-9,12H,7H2,1-2H3,(H2,15,16,18)/t12-/m0/s1. The Kier molecular flexibility index (Phi) is 5.85. The number of rotatable bonds is 5. The van der Waals surface area contributed by atoms with Crippen LogP contribution >= 0.6 is 15.9 Å². The van der Waals surface area contributed by atoms with Gasteiger partial charge in [0, 0.05) is 10.2 Å². The molecule has 0 unspecified atom stereocenters. The molecular weight excluding hydrogens is 296 g/mol. The maximum atomic E-state index is 11.7. The summed E-state index contributed by atoms with van der Waals surface area (Å²) in [6, 6.07) is 6.42. The van der Waals surface area contributed by atoms with Gasteiger partial charge in [-0.3, -0.25) is 0 Å². The molecular formula is C13H17BrN2O2. The lowest BCUT2D eigenvalue weighted by Crippen LogP contribution is -2.39. The first kappa shape index (κ1) is 14.7. The molecule has 0 aliphatic rings. The maximum Gasteiger partial charge on any atom is 0.319 e. The second kappa shape index (κ2) is 7.16. The van der Waals surface area contributed by atoms with E-state index in [4.69, 9.17) is 0 Å². The van der Waals surface area contributed by atoms with Crippen LogP contribution in [0.4, 0.5) is 10.5 Å². The van der Waals surface area contributed by atoms with Gasteiger partial charge in [-0.1, -0.05) is 29.8 Å². The van der Waals surface area contributed by atoms with Gasteiger partial charge < -0.3 is 15.4 Å². The Morgan fingerprint density at radius 3 is 2.44 bits per heavy atom. The monoisotopic (exact) mass is 312 g/mol. The number of nitrogens with one attached hydrogen (secondary N) is 2. The van der Waals surface area contributed by atoms with Crippen LogP contribution in [0.3, 0.4) is 0 Å². The highest BCUT2D eigenvalue weighted by atomic mass is 79.9. The van der Waals surface area contributed by atoms with Gasteiger partial charge in [0.25, 0.3) is 0 Å². The fraction of sp³-hybridized carbons (Fsp3) is 0.385. The molecule has 98 valence electrons. The van der Waals surface area contributed by atoms with Crippen LogP contribution < -0.4 is 10.6 Å². The number of benzene rings is 1. The molecule has 0 fully saturated rings. The smallest absolute Gasteiger partial charge is 0.319 e. The molecule has 0 saturated carbocycles. The molecule has 0 saturated heterocycles. The number of urea groups is 1. The molecule has 0 aliphatic carbocycles. The highest BCUT2D eigenvalue weighted by Gasteiger charge is 2.12. The lowest BCUT2D eigenvalue weighted by atomic mass is 10.1. The molecule has 1 aromatic carbocycles. The first-order valence-corrected chi connectivity index (χ1v) is 6.59. The third-order valence-electron chi connectivity index (χ3n) is 2.31. The average molecular weight is 313 g/mol. The second-order valence-electron chi connectivity index (χ2n) is 4.48. The largest absolute Gasteiger partial charge is 0.328 e. The van der Waals surface area contributed by atoms with Crippen molar-refractivity contribution in [2.45, 2.75) is 26.3 Å². The molecule has 0 aromatic heterocycles. The van der Waals surface area contributed by atoms with Crippen LogP contribution in [0.2, 0.25) is 0 Å². The molecule has 2 N–H and O–H groups in total. The van der Waals surface area contributed by atoms with Crippen molar-refractivity contribution in [1.82, 2.24) is 5.32 Å². The van der Waals surface area contributed by atoms with E-state index in [0.29, 0.717) is 18.0 Å². The summed E-state index contributed by atoms with van der Waals surface area (Å²) >= 11 is 3.32. The van der Waals surface area contributed by atoms with Gasteiger partial charge in [0.15, 0.2) is 0 Å². The molecule has 2 amide bonds. The molecule has 5 heteroatoms. The fourth-order valence-electron chi connectivity index (χ4n) is 1.53. The van der Waals surface area contributed by atoms with Gasteiger partial charge in [-0.2, -0.15) is 0 Å². The number of carbonyl (C=O) groups excluding carboxylic acids is 2. The number of hydrogen-bond acceptors (Lipinski definition) is 2. The number of carbonyl (C=O) groups is 2. The van der Waals surface area contributed by atoms with Crippen molar-refractivity contribution in [3.63, 3.8) is 0 Å². The van der Waals surface area contributed by atoms with Crippen LogP contribution in [-0.2, 0) is 4.79 Å². The van der Waals surface area contributed by atoms with Crippen LogP contribution in [-0.4, -0.2) is 18.4 Å². The van der Waals surface area contributed by atoms with E-state index in [1.807, 2.05) is 26.0 Å². The van der Waals surface area contributed by atoms with Crippen LogP contribution in [0.25, 0.3) is 0 Å². The predicted octanol–water partition coefficient (Wildman–Crippen LogP) is 3.18. The van der Waals surface area contributed by atoms with Crippen LogP contribution in [0.15, 0.2) is 28.7 Å². The Morgan fingerprint density at radius 1 is 1.33 bits per heavy atom. The predicted molar refractivity (Wildman–Crippen MR) is 75.6 cm³/mol. The molecule has 1 aromatic rings. The van der Waals surface area contributed by atoms with E-state index in [1.165, 1.54) is 0 Å². The molecule has 18 heavy (non-hydrogen) atoms. The van der Waals surface area contributed by atoms with Gasteiger partial charge in [0.1, 0.15) is 6.29 Å². The molecule has 0 aliphatic heterocycles. The Hall–Kier alpha value is -1.36. The van der Waals surface area contributed by atoms with Gasteiger partial charge in [0.05, 0.1) is 6.04 Å². The van der Waals surface area contributed by atoms with Crippen molar-refractivity contribution in [2.75, 3.05) is 5.32 Å². The normalized spacial score (nSPS) is 12.0. The Labute approximate surface area is 115 Å². The Morgan fingerprint density at radius 2 is 1.94 bits per heavy atom. The van der Waals surface area contributed by atoms with Crippen molar-refractivity contribution >= 4 is 33.9 Å². The minimum atomic E-state index is -0.444. The van der Waals surface area contributed by atoms with Gasteiger partial charge in [-0.15, -0.1) is 0 Å². The zero-order chi connectivity index (χ0) is 13.5. The minimum absolute atomic E-state index is 0.355. The second-order valence-corrected chi connectivity index (χ2v) is 5.39. The van der Waals surface area contributed by atoms with Gasteiger partial charge in [-0.05, 0) is 36.6 Å². The Balaban J connectivity index is 2.50. The summed E-state index contributed by atoms with van der Waals surface area (Å²) in [4.78, 5) is 22.5. The summed E-state index contributed by atoms with van der Waals surface area (Å²) in [6.45, 7) is 4.01. The zero-order valence-electron chi connectivity index (χ0n) is 10.4. The van der Waals surface area contributed by atoms with Crippen LogP contribution in [0, 0.1) is 5.92 Å². The lowest BCUT2D eigenvalue weighted by Gasteiger charge is -2.15. The highest BCUT2D eigenvalue weighted by molar-refractivity contribution is 9.10. The van der Waals surface area contributed by atoms with E-state index < -0.39 is 6.04 Å². The number of aldehydes is 1. The van der Waals surface area contributed by atoms with E-state index in [2.05, 4.69) is 26.6 Å². The van der Waals surface area contributed by atoms with Gasteiger partial charge in [0.2, 0.25) is 0 Å². The third kappa shape index (κ3) is 5.31. The van der Waals surface area contributed by atoms with Crippen molar-refractivity contribution in [1.29, 1.82) is 0 Å². The minimum Gasteiger partial charge on any atom is -0.328 e. The molecule has 0 spiro atoms. The zero-order valence-corrected chi connectivity index (χ0v) is 12.0. The van der Waals surface area contributed by atoms with Crippen molar-refractivity contribution in [3.05, 3.63) is 28.7 Å². The molecule has 0 heterocycles. The summed E-state index contributed by atoms with van der Waals surface area (Å²) < 4.78 is 0.944. The maximum absolute atomic E-state index is 11.7. The third-order valence-corrected chi connectivity index (χ3v) is 2.84. The summed E-state index contributed by atoms with van der Waals surface area (Å²) in [6.07, 6.45) is 1.40.